The van der Waals surface area contributed by atoms with E-state index >= 15 is 0 Å². The topological polar surface area (TPSA) is 35.2 Å². The molecule has 1 saturated carbocycles. The second-order valence-electron chi connectivity index (χ2n) is 4.92. The monoisotopic (exact) mass is 219 g/mol. The maximum Gasteiger partial charge on any atom is 0.0792 e. The van der Waals surface area contributed by atoms with Crippen LogP contribution in [0.4, 0.5) is 0 Å². The molecule has 0 aliphatic heterocycles. The Hall–Kier alpha value is -0.860. The fourth-order valence-corrected chi connectivity index (χ4v) is 2.35. The molecule has 2 atom stereocenters. The summed E-state index contributed by atoms with van der Waals surface area (Å²) in [5, 5.41) is 0. The van der Waals surface area contributed by atoms with E-state index in [-0.39, 0.29) is 12.1 Å². The molecule has 1 aromatic rings. The Bertz CT molecular complexity index is 371. The zero-order valence-electron chi connectivity index (χ0n) is 10.4. The number of hydrogen-bond donors (Lipinski definition) is 1. The van der Waals surface area contributed by atoms with Crippen molar-refractivity contribution < 1.29 is 4.74 Å². The van der Waals surface area contributed by atoms with Crippen LogP contribution in [0.2, 0.25) is 0 Å². The molecule has 0 aromatic heterocycles. The Kier molecular flexibility index (Phi) is 3.31. The van der Waals surface area contributed by atoms with Crippen molar-refractivity contribution in [2.45, 2.75) is 38.8 Å². The largest absolute Gasteiger partial charge is 0.379 e. The van der Waals surface area contributed by atoms with E-state index in [1.807, 2.05) is 0 Å². The van der Waals surface area contributed by atoms with Crippen molar-refractivity contribution in [1.29, 1.82) is 0 Å². The fourth-order valence-electron chi connectivity index (χ4n) is 2.35. The van der Waals surface area contributed by atoms with Gasteiger partial charge in [-0.25, -0.2) is 0 Å². The van der Waals surface area contributed by atoms with Crippen molar-refractivity contribution in [2.24, 2.45) is 11.7 Å². The highest BCUT2D eigenvalue weighted by atomic mass is 16.5. The summed E-state index contributed by atoms with van der Waals surface area (Å²) in [6, 6.07) is 6.47. The van der Waals surface area contributed by atoms with Crippen LogP contribution in [-0.4, -0.2) is 13.2 Å². The molecule has 1 aliphatic rings. The highest BCUT2D eigenvalue weighted by Crippen LogP contribution is 2.39. The van der Waals surface area contributed by atoms with Gasteiger partial charge in [0.2, 0.25) is 0 Å². The lowest BCUT2D eigenvalue weighted by molar-refractivity contribution is 0.0622. The van der Waals surface area contributed by atoms with Crippen molar-refractivity contribution in [2.75, 3.05) is 7.11 Å². The van der Waals surface area contributed by atoms with Crippen LogP contribution in [0.25, 0.3) is 0 Å². The molecule has 0 spiro atoms. The van der Waals surface area contributed by atoms with Crippen molar-refractivity contribution in [3.8, 4) is 0 Å². The average molecular weight is 219 g/mol. The van der Waals surface area contributed by atoms with Gasteiger partial charge in [-0.3, -0.25) is 0 Å². The molecule has 0 saturated heterocycles. The van der Waals surface area contributed by atoms with E-state index in [1.165, 1.54) is 29.5 Å². The molecular formula is C14H21NO. The normalized spacial score (nSPS) is 19.5. The van der Waals surface area contributed by atoms with Gasteiger partial charge in [0.1, 0.15) is 0 Å². The second-order valence-corrected chi connectivity index (χ2v) is 4.92. The minimum absolute atomic E-state index is 0.0115. The minimum atomic E-state index is 0.0115. The molecule has 16 heavy (non-hydrogen) atoms. The lowest BCUT2D eigenvalue weighted by Crippen LogP contribution is -2.30. The summed E-state index contributed by atoms with van der Waals surface area (Å²) in [5.41, 5.74) is 10.1. The summed E-state index contributed by atoms with van der Waals surface area (Å²) < 4.78 is 5.56. The van der Waals surface area contributed by atoms with E-state index in [1.54, 1.807) is 7.11 Å². The average Bonchev–Trinajstić information content (AvgIpc) is 3.07. The van der Waals surface area contributed by atoms with Gasteiger partial charge < -0.3 is 10.5 Å². The molecule has 1 aromatic carbocycles. The van der Waals surface area contributed by atoms with Gasteiger partial charge >= 0.3 is 0 Å². The summed E-state index contributed by atoms with van der Waals surface area (Å²) in [5.74, 6) is 0.667. The van der Waals surface area contributed by atoms with Crippen LogP contribution < -0.4 is 5.73 Å². The minimum Gasteiger partial charge on any atom is -0.379 e. The predicted octanol–water partition coefficient (Wildman–Crippen LogP) is 2.73. The van der Waals surface area contributed by atoms with Crippen molar-refractivity contribution >= 4 is 0 Å². The van der Waals surface area contributed by atoms with Gasteiger partial charge in [0.25, 0.3) is 0 Å². The van der Waals surface area contributed by atoms with Crippen LogP contribution in [0.15, 0.2) is 18.2 Å². The third-order valence-corrected chi connectivity index (χ3v) is 3.51. The first-order valence-electron chi connectivity index (χ1n) is 5.99. The molecule has 88 valence electrons. The first kappa shape index (κ1) is 11.6. The summed E-state index contributed by atoms with van der Waals surface area (Å²) in [4.78, 5) is 0. The van der Waals surface area contributed by atoms with Crippen LogP contribution in [-0.2, 0) is 4.74 Å². The van der Waals surface area contributed by atoms with E-state index in [2.05, 4.69) is 32.0 Å². The molecule has 0 radical (unpaired) electrons. The highest BCUT2D eigenvalue weighted by Gasteiger charge is 2.36. The quantitative estimate of drug-likeness (QED) is 0.845. The smallest absolute Gasteiger partial charge is 0.0792 e. The molecular weight excluding hydrogens is 198 g/mol. The maximum absolute atomic E-state index is 6.34. The molecule has 0 heterocycles. The lowest BCUT2D eigenvalue weighted by Gasteiger charge is -2.24. The zero-order valence-corrected chi connectivity index (χ0v) is 10.4. The van der Waals surface area contributed by atoms with Gasteiger partial charge in [-0.15, -0.1) is 0 Å². The maximum atomic E-state index is 6.34. The molecule has 1 aliphatic carbocycles. The number of benzene rings is 1. The first-order valence-corrected chi connectivity index (χ1v) is 5.99. The van der Waals surface area contributed by atoms with Gasteiger partial charge in [0.05, 0.1) is 12.1 Å². The van der Waals surface area contributed by atoms with Crippen molar-refractivity contribution in [3.63, 3.8) is 0 Å². The SMILES string of the molecule is COC(C1CC1)C(N)c1cc(C)ccc1C. The third kappa shape index (κ3) is 2.28. The highest BCUT2D eigenvalue weighted by molar-refractivity contribution is 5.33. The number of aryl methyl sites for hydroxylation is 2. The molecule has 2 heteroatoms. The zero-order chi connectivity index (χ0) is 11.7. The number of methoxy groups -OCH3 is 1. The van der Waals surface area contributed by atoms with Gasteiger partial charge in [0.15, 0.2) is 0 Å². The van der Waals surface area contributed by atoms with E-state index < -0.39 is 0 Å². The van der Waals surface area contributed by atoms with Gasteiger partial charge in [-0.05, 0) is 43.7 Å². The van der Waals surface area contributed by atoms with E-state index in [0.29, 0.717) is 5.92 Å². The number of rotatable bonds is 4. The van der Waals surface area contributed by atoms with Crippen LogP contribution in [0, 0.1) is 19.8 Å². The van der Waals surface area contributed by atoms with Gasteiger partial charge in [-0.2, -0.15) is 0 Å². The first-order chi connectivity index (χ1) is 7.63. The third-order valence-electron chi connectivity index (χ3n) is 3.51. The molecule has 2 unspecified atom stereocenters. The standard InChI is InChI=1S/C14H21NO/c1-9-4-5-10(2)12(8-9)13(15)14(16-3)11-6-7-11/h4-5,8,11,13-14H,6-7,15H2,1-3H3. The Labute approximate surface area is 97.8 Å². The van der Waals surface area contributed by atoms with Gasteiger partial charge in [-0.1, -0.05) is 23.8 Å². The second kappa shape index (κ2) is 4.56. The van der Waals surface area contributed by atoms with E-state index in [4.69, 9.17) is 10.5 Å². The van der Waals surface area contributed by atoms with Crippen LogP contribution >= 0.6 is 0 Å². The molecule has 2 nitrogen and oxygen atoms in total. The summed E-state index contributed by atoms with van der Waals surface area (Å²) in [7, 11) is 1.77. The molecule has 0 bridgehead atoms. The van der Waals surface area contributed by atoms with Crippen LogP contribution in [0.5, 0.6) is 0 Å². The van der Waals surface area contributed by atoms with E-state index in [0.717, 1.165) is 0 Å². The number of ether oxygens (including phenoxy) is 1. The Morgan fingerprint density at radius 3 is 2.56 bits per heavy atom. The van der Waals surface area contributed by atoms with E-state index in [9.17, 15) is 0 Å². The molecule has 1 fully saturated rings. The Morgan fingerprint density at radius 2 is 2.00 bits per heavy atom. The van der Waals surface area contributed by atoms with Crippen LogP contribution in [0.3, 0.4) is 0 Å². The summed E-state index contributed by atoms with van der Waals surface area (Å²) >= 11 is 0. The number of nitrogens with two attached hydrogens (primary N) is 1. The van der Waals surface area contributed by atoms with Crippen molar-refractivity contribution in [1.82, 2.24) is 0 Å². The van der Waals surface area contributed by atoms with Gasteiger partial charge in [0, 0.05) is 7.11 Å². The molecule has 2 rings (SSSR count). The summed E-state index contributed by atoms with van der Waals surface area (Å²) in [6.07, 6.45) is 2.70. The lowest BCUT2D eigenvalue weighted by atomic mass is 9.94. The predicted molar refractivity (Wildman–Crippen MR) is 66.4 cm³/mol. The van der Waals surface area contributed by atoms with Crippen molar-refractivity contribution in [3.05, 3.63) is 34.9 Å². The molecule has 2 N–H and O–H groups in total. The van der Waals surface area contributed by atoms with Crippen LogP contribution in [0.1, 0.15) is 35.6 Å². The Balaban J connectivity index is 2.24. The Morgan fingerprint density at radius 1 is 1.31 bits per heavy atom. The summed E-state index contributed by atoms with van der Waals surface area (Å²) in [6.45, 7) is 4.23. The fraction of sp³-hybridized carbons (Fsp3) is 0.571. The molecule has 0 amide bonds. The number of hydrogen-bond acceptors (Lipinski definition) is 2.